The number of hydrogen-bond acceptors (Lipinski definition) is 1. The summed E-state index contributed by atoms with van der Waals surface area (Å²) >= 11 is 0. The van der Waals surface area contributed by atoms with Gasteiger partial charge in [-0.2, -0.15) is 0 Å². The van der Waals surface area contributed by atoms with Gasteiger partial charge in [0.15, 0.2) is 5.96 Å². The molecule has 1 aliphatic heterocycles. The molecule has 112 valence electrons. The van der Waals surface area contributed by atoms with Crippen LogP contribution in [0.1, 0.15) is 44.1 Å². The summed E-state index contributed by atoms with van der Waals surface area (Å²) in [6, 6.07) is 10.6. The largest absolute Gasteiger partial charge is 0.370 e. The molecule has 1 aromatic rings. The van der Waals surface area contributed by atoms with E-state index in [1.54, 1.807) is 0 Å². The summed E-state index contributed by atoms with van der Waals surface area (Å²) in [5, 5.41) is 0. The number of piperidine rings is 1. The van der Waals surface area contributed by atoms with E-state index in [4.69, 9.17) is 5.73 Å². The van der Waals surface area contributed by atoms with Crippen molar-refractivity contribution in [1.82, 2.24) is 4.90 Å². The van der Waals surface area contributed by atoms with E-state index < -0.39 is 0 Å². The zero-order valence-electron chi connectivity index (χ0n) is 12.3. The number of halogens is 1. The van der Waals surface area contributed by atoms with Crippen LogP contribution in [0.2, 0.25) is 0 Å². The lowest BCUT2D eigenvalue weighted by atomic mass is 9.97. The Labute approximate surface area is 139 Å². The van der Waals surface area contributed by atoms with Crippen molar-refractivity contribution in [2.24, 2.45) is 10.7 Å². The molecule has 0 aliphatic carbocycles. The van der Waals surface area contributed by atoms with Gasteiger partial charge in [0.25, 0.3) is 0 Å². The van der Waals surface area contributed by atoms with Crippen LogP contribution in [0.3, 0.4) is 0 Å². The van der Waals surface area contributed by atoms with Gasteiger partial charge in [0, 0.05) is 25.6 Å². The molecule has 1 atom stereocenters. The highest BCUT2D eigenvalue weighted by Gasteiger charge is 2.13. The van der Waals surface area contributed by atoms with Crippen LogP contribution < -0.4 is 5.73 Å². The molecule has 2 N–H and O–H groups in total. The third-order valence-corrected chi connectivity index (χ3v) is 3.92. The van der Waals surface area contributed by atoms with Crippen molar-refractivity contribution in [2.45, 2.75) is 38.5 Å². The fourth-order valence-corrected chi connectivity index (χ4v) is 2.62. The Balaban J connectivity index is 0.00000200. The van der Waals surface area contributed by atoms with Crippen molar-refractivity contribution in [1.29, 1.82) is 0 Å². The summed E-state index contributed by atoms with van der Waals surface area (Å²) in [6.45, 7) is 5.14. The van der Waals surface area contributed by atoms with Gasteiger partial charge in [0.05, 0.1) is 0 Å². The molecule has 0 amide bonds. The Morgan fingerprint density at radius 1 is 1.20 bits per heavy atom. The first-order valence-electron chi connectivity index (χ1n) is 7.41. The lowest BCUT2D eigenvalue weighted by Crippen LogP contribution is -2.41. The molecule has 4 heteroatoms. The van der Waals surface area contributed by atoms with Crippen LogP contribution in [-0.2, 0) is 0 Å². The number of hydrogen-bond donors (Lipinski definition) is 1. The molecule has 0 radical (unpaired) electrons. The molecule has 0 aromatic heterocycles. The van der Waals surface area contributed by atoms with E-state index >= 15 is 0 Å². The molecular weight excluding hydrogens is 361 g/mol. The van der Waals surface area contributed by atoms with Gasteiger partial charge in [-0.05, 0) is 31.2 Å². The van der Waals surface area contributed by atoms with Gasteiger partial charge in [0.2, 0.25) is 0 Å². The van der Waals surface area contributed by atoms with E-state index in [0.29, 0.717) is 5.92 Å². The zero-order valence-corrected chi connectivity index (χ0v) is 14.6. The second-order valence-electron chi connectivity index (χ2n) is 5.26. The fraction of sp³-hybridized carbons (Fsp3) is 0.562. The lowest BCUT2D eigenvalue weighted by molar-refractivity contribution is 0.337. The molecule has 1 saturated heterocycles. The number of benzene rings is 1. The average molecular weight is 387 g/mol. The quantitative estimate of drug-likeness (QED) is 0.487. The van der Waals surface area contributed by atoms with E-state index in [1.807, 2.05) is 0 Å². The van der Waals surface area contributed by atoms with E-state index in [2.05, 4.69) is 47.1 Å². The molecule has 1 unspecified atom stereocenters. The van der Waals surface area contributed by atoms with Gasteiger partial charge in [-0.15, -0.1) is 24.0 Å². The minimum Gasteiger partial charge on any atom is -0.370 e. The zero-order chi connectivity index (χ0) is 13.5. The molecule has 1 heterocycles. The Kier molecular flexibility index (Phi) is 7.95. The van der Waals surface area contributed by atoms with E-state index in [1.165, 1.54) is 24.8 Å². The number of nitrogens with two attached hydrogens (primary N) is 1. The Morgan fingerprint density at radius 2 is 1.85 bits per heavy atom. The third kappa shape index (κ3) is 4.96. The van der Waals surface area contributed by atoms with E-state index in [9.17, 15) is 0 Å². The molecule has 0 saturated carbocycles. The van der Waals surface area contributed by atoms with Crippen molar-refractivity contribution in [3.63, 3.8) is 0 Å². The van der Waals surface area contributed by atoms with Crippen molar-refractivity contribution in [3.05, 3.63) is 35.9 Å². The van der Waals surface area contributed by atoms with Crippen LogP contribution in [0.15, 0.2) is 35.3 Å². The Hall–Kier alpha value is -0.780. The van der Waals surface area contributed by atoms with Crippen LogP contribution in [0, 0.1) is 0 Å². The van der Waals surface area contributed by atoms with E-state index in [-0.39, 0.29) is 24.0 Å². The van der Waals surface area contributed by atoms with Gasteiger partial charge in [-0.3, -0.25) is 4.99 Å². The average Bonchev–Trinajstić information content (AvgIpc) is 2.49. The van der Waals surface area contributed by atoms with Crippen LogP contribution in [0.4, 0.5) is 0 Å². The number of aliphatic imine (C=N–C) groups is 1. The molecule has 1 aromatic carbocycles. The van der Waals surface area contributed by atoms with Crippen molar-refractivity contribution in [3.8, 4) is 0 Å². The summed E-state index contributed by atoms with van der Waals surface area (Å²) in [6.07, 6.45) is 4.91. The highest BCUT2D eigenvalue weighted by Crippen LogP contribution is 2.19. The second-order valence-corrected chi connectivity index (χ2v) is 5.26. The topological polar surface area (TPSA) is 41.6 Å². The van der Waals surface area contributed by atoms with Crippen LogP contribution in [0.5, 0.6) is 0 Å². The van der Waals surface area contributed by atoms with Crippen molar-refractivity contribution >= 4 is 29.9 Å². The normalized spacial score (nSPS) is 17.4. The number of guanidine groups is 1. The van der Waals surface area contributed by atoms with Gasteiger partial charge in [-0.1, -0.05) is 37.3 Å². The second kappa shape index (κ2) is 9.21. The standard InChI is InChI=1S/C16H25N3.HI/c1-2-14(15-9-5-3-6-10-15)13-18-16(17)19-11-7-4-8-12-19;/h3,5-6,9-10,14H,2,4,7-8,11-13H2,1H3,(H2,17,18);1H. The molecule has 0 spiro atoms. The van der Waals surface area contributed by atoms with Gasteiger partial charge >= 0.3 is 0 Å². The number of nitrogens with zero attached hydrogens (tertiary/aromatic N) is 2. The predicted octanol–water partition coefficient (Wildman–Crippen LogP) is 3.60. The van der Waals surface area contributed by atoms with Crippen molar-refractivity contribution in [2.75, 3.05) is 19.6 Å². The highest BCUT2D eigenvalue weighted by atomic mass is 127. The highest BCUT2D eigenvalue weighted by molar-refractivity contribution is 14.0. The molecule has 2 rings (SSSR count). The summed E-state index contributed by atoms with van der Waals surface area (Å²) in [4.78, 5) is 6.84. The maximum atomic E-state index is 6.11. The first kappa shape index (κ1) is 17.3. The van der Waals surface area contributed by atoms with Gasteiger partial charge in [0.1, 0.15) is 0 Å². The summed E-state index contributed by atoms with van der Waals surface area (Å²) in [5.41, 5.74) is 7.47. The molecule has 1 fully saturated rings. The van der Waals surface area contributed by atoms with Gasteiger partial charge in [-0.25, -0.2) is 0 Å². The van der Waals surface area contributed by atoms with Crippen LogP contribution in [-0.4, -0.2) is 30.5 Å². The number of likely N-dealkylation sites (tertiary alicyclic amines) is 1. The van der Waals surface area contributed by atoms with Crippen LogP contribution >= 0.6 is 24.0 Å². The van der Waals surface area contributed by atoms with Gasteiger partial charge < -0.3 is 10.6 Å². The lowest BCUT2D eigenvalue weighted by Gasteiger charge is -2.27. The summed E-state index contributed by atoms with van der Waals surface area (Å²) < 4.78 is 0. The third-order valence-electron chi connectivity index (χ3n) is 3.92. The SMILES string of the molecule is CCC(CN=C(N)N1CCCCC1)c1ccccc1.I. The maximum Gasteiger partial charge on any atom is 0.191 e. The van der Waals surface area contributed by atoms with E-state index in [0.717, 1.165) is 32.0 Å². The monoisotopic (exact) mass is 387 g/mol. The van der Waals surface area contributed by atoms with Crippen LogP contribution in [0.25, 0.3) is 0 Å². The first-order valence-corrected chi connectivity index (χ1v) is 7.41. The molecule has 0 bridgehead atoms. The fourth-order valence-electron chi connectivity index (χ4n) is 2.62. The first-order chi connectivity index (χ1) is 9.31. The number of rotatable bonds is 4. The smallest absolute Gasteiger partial charge is 0.191 e. The minimum atomic E-state index is 0. The Morgan fingerprint density at radius 3 is 2.45 bits per heavy atom. The maximum absolute atomic E-state index is 6.11. The van der Waals surface area contributed by atoms with Crippen molar-refractivity contribution < 1.29 is 0 Å². The molecule has 3 nitrogen and oxygen atoms in total. The summed E-state index contributed by atoms with van der Waals surface area (Å²) in [5.74, 6) is 1.21. The molecular formula is C16H26IN3. The molecule has 1 aliphatic rings. The Bertz CT molecular complexity index is 399. The minimum absolute atomic E-state index is 0. The predicted molar refractivity (Wildman–Crippen MR) is 96.8 cm³/mol. The summed E-state index contributed by atoms with van der Waals surface area (Å²) in [7, 11) is 0. The molecule has 20 heavy (non-hydrogen) atoms.